The maximum atomic E-state index is 10.7. The van der Waals surface area contributed by atoms with E-state index in [1.165, 1.54) is 18.2 Å². The Balaban J connectivity index is 2.30. The van der Waals surface area contributed by atoms with E-state index in [0.717, 1.165) is 12.0 Å². The van der Waals surface area contributed by atoms with Gasteiger partial charge in [0.1, 0.15) is 11.5 Å². The molecule has 0 aliphatic heterocycles. The van der Waals surface area contributed by atoms with Crippen molar-refractivity contribution in [3.8, 4) is 11.5 Å². The number of aliphatic hydroxyl groups excluding tert-OH is 1. The van der Waals surface area contributed by atoms with E-state index >= 15 is 0 Å². The SMILES string of the molecule is CCc1cccc(Oc2ccc([N+](=O)[O-])cc2CO)c1. The van der Waals surface area contributed by atoms with Gasteiger partial charge in [-0.2, -0.15) is 0 Å². The zero-order chi connectivity index (χ0) is 14.5. The summed E-state index contributed by atoms with van der Waals surface area (Å²) in [6, 6.07) is 11.8. The Labute approximate surface area is 116 Å². The highest BCUT2D eigenvalue weighted by Gasteiger charge is 2.11. The molecule has 0 spiro atoms. The molecule has 0 radical (unpaired) electrons. The van der Waals surface area contributed by atoms with Crippen molar-refractivity contribution in [3.05, 3.63) is 63.7 Å². The maximum Gasteiger partial charge on any atom is 0.270 e. The number of hydrogen-bond donors (Lipinski definition) is 1. The quantitative estimate of drug-likeness (QED) is 0.669. The third kappa shape index (κ3) is 3.13. The van der Waals surface area contributed by atoms with Crippen LogP contribution in [0.15, 0.2) is 42.5 Å². The lowest BCUT2D eigenvalue weighted by molar-refractivity contribution is -0.385. The van der Waals surface area contributed by atoms with Gasteiger partial charge in [-0.3, -0.25) is 10.1 Å². The summed E-state index contributed by atoms with van der Waals surface area (Å²) in [6.45, 7) is 1.73. The summed E-state index contributed by atoms with van der Waals surface area (Å²) in [5, 5.41) is 20.0. The van der Waals surface area contributed by atoms with Gasteiger partial charge in [0.15, 0.2) is 0 Å². The number of benzene rings is 2. The molecule has 0 heterocycles. The van der Waals surface area contributed by atoms with E-state index in [2.05, 4.69) is 0 Å². The van der Waals surface area contributed by atoms with Gasteiger partial charge in [-0.1, -0.05) is 19.1 Å². The van der Waals surface area contributed by atoms with Crippen molar-refractivity contribution < 1.29 is 14.8 Å². The van der Waals surface area contributed by atoms with Gasteiger partial charge in [-0.25, -0.2) is 0 Å². The zero-order valence-corrected chi connectivity index (χ0v) is 11.1. The number of nitro groups is 1. The molecule has 0 bridgehead atoms. The summed E-state index contributed by atoms with van der Waals surface area (Å²) < 4.78 is 5.70. The van der Waals surface area contributed by atoms with Gasteiger partial charge in [0.25, 0.3) is 5.69 Å². The van der Waals surface area contributed by atoms with Crippen molar-refractivity contribution in [2.24, 2.45) is 0 Å². The topological polar surface area (TPSA) is 72.6 Å². The molecule has 0 atom stereocenters. The van der Waals surface area contributed by atoms with Crippen LogP contribution >= 0.6 is 0 Å². The molecule has 0 aliphatic carbocycles. The summed E-state index contributed by atoms with van der Waals surface area (Å²) in [6.07, 6.45) is 0.893. The van der Waals surface area contributed by atoms with Crippen LogP contribution in [0.1, 0.15) is 18.1 Å². The van der Waals surface area contributed by atoms with Gasteiger partial charge in [-0.15, -0.1) is 0 Å². The number of aliphatic hydroxyl groups is 1. The van der Waals surface area contributed by atoms with E-state index in [0.29, 0.717) is 17.1 Å². The minimum atomic E-state index is -0.499. The third-order valence-corrected chi connectivity index (χ3v) is 2.96. The Morgan fingerprint density at radius 3 is 2.70 bits per heavy atom. The number of non-ortho nitro benzene ring substituents is 1. The fraction of sp³-hybridized carbons (Fsp3) is 0.200. The Bertz CT molecular complexity index is 625. The fourth-order valence-electron chi connectivity index (χ4n) is 1.86. The van der Waals surface area contributed by atoms with Gasteiger partial charge in [0, 0.05) is 17.7 Å². The van der Waals surface area contributed by atoms with Crippen LogP contribution in [-0.2, 0) is 13.0 Å². The Morgan fingerprint density at radius 2 is 2.05 bits per heavy atom. The molecule has 20 heavy (non-hydrogen) atoms. The van der Waals surface area contributed by atoms with E-state index in [9.17, 15) is 15.2 Å². The van der Waals surface area contributed by atoms with Crippen molar-refractivity contribution in [3.63, 3.8) is 0 Å². The van der Waals surface area contributed by atoms with Crippen LogP contribution in [0.2, 0.25) is 0 Å². The average Bonchev–Trinajstić information content (AvgIpc) is 2.47. The van der Waals surface area contributed by atoms with Crippen molar-refractivity contribution in [1.82, 2.24) is 0 Å². The standard InChI is InChI=1S/C15H15NO4/c1-2-11-4-3-5-14(8-11)20-15-7-6-13(16(18)19)9-12(15)10-17/h3-9,17H,2,10H2,1H3. The van der Waals surface area contributed by atoms with Crippen LogP contribution in [0.5, 0.6) is 11.5 Å². The number of rotatable bonds is 5. The number of aryl methyl sites for hydroxylation is 1. The summed E-state index contributed by atoms with van der Waals surface area (Å²) in [5.74, 6) is 1.07. The van der Waals surface area contributed by atoms with E-state index in [-0.39, 0.29) is 12.3 Å². The predicted octanol–water partition coefficient (Wildman–Crippen LogP) is 3.44. The summed E-state index contributed by atoms with van der Waals surface area (Å²) in [5.41, 5.74) is 1.46. The smallest absolute Gasteiger partial charge is 0.270 e. The van der Waals surface area contributed by atoms with Crippen LogP contribution in [0.3, 0.4) is 0 Å². The summed E-state index contributed by atoms with van der Waals surface area (Å²) >= 11 is 0. The first-order chi connectivity index (χ1) is 9.63. The maximum absolute atomic E-state index is 10.7. The average molecular weight is 273 g/mol. The van der Waals surface area contributed by atoms with Crippen LogP contribution in [-0.4, -0.2) is 10.0 Å². The number of ether oxygens (including phenoxy) is 1. The van der Waals surface area contributed by atoms with Crippen molar-refractivity contribution in [1.29, 1.82) is 0 Å². The van der Waals surface area contributed by atoms with Gasteiger partial charge < -0.3 is 9.84 Å². The molecular weight excluding hydrogens is 258 g/mol. The largest absolute Gasteiger partial charge is 0.457 e. The first-order valence-corrected chi connectivity index (χ1v) is 6.29. The van der Waals surface area contributed by atoms with Crippen LogP contribution in [0, 0.1) is 10.1 Å². The minimum Gasteiger partial charge on any atom is -0.457 e. The lowest BCUT2D eigenvalue weighted by atomic mass is 10.1. The number of nitro benzene ring substituents is 1. The van der Waals surface area contributed by atoms with E-state index in [1.54, 1.807) is 0 Å². The Morgan fingerprint density at radius 1 is 1.25 bits per heavy atom. The molecule has 2 aromatic rings. The highest BCUT2D eigenvalue weighted by atomic mass is 16.6. The minimum absolute atomic E-state index is 0.0660. The molecule has 5 nitrogen and oxygen atoms in total. The second-order valence-electron chi connectivity index (χ2n) is 4.31. The molecule has 0 unspecified atom stereocenters. The molecule has 2 aromatic carbocycles. The van der Waals surface area contributed by atoms with Crippen molar-refractivity contribution in [2.75, 3.05) is 0 Å². The molecule has 104 valence electrons. The third-order valence-electron chi connectivity index (χ3n) is 2.96. The van der Waals surface area contributed by atoms with E-state index in [4.69, 9.17) is 4.74 Å². The lowest BCUT2D eigenvalue weighted by Crippen LogP contribution is -1.95. The van der Waals surface area contributed by atoms with Crippen molar-refractivity contribution in [2.45, 2.75) is 20.0 Å². The molecule has 0 aromatic heterocycles. The second kappa shape index (κ2) is 6.16. The molecule has 2 rings (SSSR count). The molecule has 0 aliphatic rings. The molecule has 0 saturated carbocycles. The van der Waals surface area contributed by atoms with Gasteiger partial charge in [0.2, 0.25) is 0 Å². The molecule has 1 N–H and O–H groups in total. The molecule has 5 heteroatoms. The highest BCUT2D eigenvalue weighted by molar-refractivity contribution is 5.45. The second-order valence-corrected chi connectivity index (χ2v) is 4.31. The highest BCUT2D eigenvalue weighted by Crippen LogP contribution is 2.29. The first-order valence-electron chi connectivity index (χ1n) is 6.29. The Hall–Kier alpha value is -2.40. The normalized spacial score (nSPS) is 10.3. The van der Waals surface area contributed by atoms with Gasteiger partial charge in [-0.05, 0) is 30.2 Å². The van der Waals surface area contributed by atoms with Gasteiger partial charge in [0.05, 0.1) is 11.5 Å². The number of nitrogens with zero attached hydrogens (tertiary/aromatic N) is 1. The zero-order valence-electron chi connectivity index (χ0n) is 11.1. The molecule has 0 saturated heterocycles. The molecule has 0 fully saturated rings. The van der Waals surface area contributed by atoms with E-state index in [1.807, 2.05) is 31.2 Å². The summed E-state index contributed by atoms with van der Waals surface area (Å²) in [7, 11) is 0. The first kappa shape index (κ1) is 14.0. The molecule has 0 amide bonds. The molecular formula is C15H15NO4. The van der Waals surface area contributed by atoms with Crippen molar-refractivity contribution >= 4 is 5.69 Å². The van der Waals surface area contributed by atoms with E-state index < -0.39 is 4.92 Å². The monoisotopic (exact) mass is 273 g/mol. The predicted molar refractivity (Wildman–Crippen MR) is 74.9 cm³/mol. The van der Waals surface area contributed by atoms with Crippen LogP contribution in [0.25, 0.3) is 0 Å². The fourth-order valence-corrected chi connectivity index (χ4v) is 1.86. The summed E-state index contributed by atoms with van der Waals surface area (Å²) in [4.78, 5) is 10.2. The van der Waals surface area contributed by atoms with Crippen LogP contribution in [0.4, 0.5) is 5.69 Å². The van der Waals surface area contributed by atoms with Crippen LogP contribution < -0.4 is 4.74 Å². The van der Waals surface area contributed by atoms with Gasteiger partial charge >= 0.3 is 0 Å². The Kier molecular flexibility index (Phi) is 4.32. The lowest BCUT2D eigenvalue weighted by Gasteiger charge is -2.10. The number of hydrogen-bond acceptors (Lipinski definition) is 4.